The Labute approximate surface area is 132 Å². The fraction of sp³-hybridized carbons (Fsp3) is 0.357. The molecule has 1 amide bonds. The van der Waals surface area contributed by atoms with Gasteiger partial charge in [0.25, 0.3) is 0 Å². The molecule has 0 aliphatic carbocycles. The third-order valence-electron chi connectivity index (χ3n) is 3.01. The number of rotatable bonds is 6. The van der Waals surface area contributed by atoms with Crippen molar-refractivity contribution in [1.29, 1.82) is 0 Å². The number of benzene rings is 1. The maximum Gasteiger partial charge on any atom is 0.230 e. The molecular weight excluding hydrogens is 304 g/mol. The third kappa shape index (κ3) is 4.71. The number of aryl methyl sites for hydroxylation is 1. The van der Waals surface area contributed by atoms with E-state index in [1.165, 1.54) is 28.7 Å². The largest absolute Gasteiger partial charge is 0.374 e. The second kappa shape index (κ2) is 7.42. The van der Waals surface area contributed by atoms with E-state index in [0.29, 0.717) is 15.2 Å². The second-order valence-corrected chi connectivity index (χ2v) is 6.81. The molecule has 2 aromatic rings. The summed E-state index contributed by atoms with van der Waals surface area (Å²) >= 11 is 2.63. The van der Waals surface area contributed by atoms with Crippen molar-refractivity contribution >= 4 is 34.1 Å². The molecule has 1 unspecified atom stereocenters. The molecule has 0 aliphatic rings. The van der Waals surface area contributed by atoms with E-state index in [2.05, 4.69) is 46.7 Å². The summed E-state index contributed by atoms with van der Waals surface area (Å²) in [6, 6.07) is 8.29. The van der Waals surface area contributed by atoms with Gasteiger partial charge in [-0.1, -0.05) is 54.3 Å². The summed E-state index contributed by atoms with van der Waals surface area (Å²) in [6.45, 7) is 4.10. The molecule has 2 rings (SSSR count). The van der Waals surface area contributed by atoms with Gasteiger partial charge in [0.05, 0.1) is 11.8 Å². The lowest BCUT2D eigenvalue weighted by molar-refractivity contribution is -0.119. The number of nitrogens with two attached hydrogens (primary N) is 1. The lowest BCUT2D eigenvalue weighted by Crippen LogP contribution is -2.28. The van der Waals surface area contributed by atoms with Gasteiger partial charge < -0.3 is 11.1 Å². The van der Waals surface area contributed by atoms with E-state index in [4.69, 9.17) is 5.73 Å². The Balaban J connectivity index is 1.83. The van der Waals surface area contributed by atoms with Gasteiger partial charge in [-0.3, -0.25) is 4.79 Å². The molecule has 0 spiro atoms. The number of nitrogens with one attached hydrogen (secondary N) is 1. The van der Waals surface area contributed by atoms with Crippen LogP contribution < -0.4 is 11.1 Å². The first-order chi connectivity index (χ1) is 10.1. The Kier molecular flexibility index (Phi) is 5.58. The van der Waals surface area contributed by atoms with Gasteiger partial charge in [0, 0.05) is 0 Å². The highest BCUT2D eigenvalue weighted by Crippen LogP contribution is 2.23. The van der Waals surface area contributed by atoms with Crippen LogP contribution in [0, 0.1) is 0 Å². The number of thioether (sulfide) groups is 1. The van der Waals surface area contributed by atoms with Crippen molar-refractivity contribution < 1.29 is 4.79 Å². The summed E-state index contributed by atoms with van der Waals surface area (Å²) in [5.74, 6) is 0.285. The number of aromatic nitrogens is 2. The number of nitrogen functional groups attached to an aromatic ring is 1. The number of hydrogen-bond donors (Lipinski definition) is 2. The van der Waals surface area contributed by atoms with Gasteiger partial charge in [0.1, 0.15) is 0 Å². The van der Waals surface area contributed by atoms with E-state index in [-0.39, 0.29) is 11.9 Å². The number of hydrogen-bond acceptors (Lipinski definition) is 6. The van der Waals surface area contributed by atoms with Crippen LogP contribution in [0.25, 0.3) is 0 Å². The average Bonchev–Trinajstić information content (AvgIpc) is 2.91. The Morgan fingerprint density at radius 3 is 2.67 bits per heavy atom. The molecule has 21 heavy (non-hydrogen) atoms. The number of amides is 1. The third-order valence-corrected chi connectivity index (χ3v) is 4.90. The van der Waals surface area contributed by atoms with Gasteiger partial charge in [0.2, 0.25) is 11.0 Å². The molecule has 3 N–H and O–H groups in total. The standard InChI is InChI=1S/C14H18N4OS2/c1-3-10-4-6-11(7-5-10)9(2)16-12(19)8-20-14-18-17-13(15)21-14/h4-7,9H,3,8H2,1-2H3,(H2,15,17)(H,16,19). The van der Waals surface area contributed by atoms with Gasteiger partial charge >= 0.3 is 0 Å². The number of anilines is 1. The number of carbonyl (C=O) groups is 1. The van der Waals surface area contributed by atoms with Crippen molar-refractivity contribution in [2.75, 3.05) is 11.5 Å². The van der Waals surface area contributed by atoms with Crippen molar-refractivity contribution in [3.8, 4) is 0 Å². The smallest absolute Gasteiger partial charge is 0.230 e. The van der Waals surface area contributed by atoms with Crippen LogP contribution in [0.15, 0.2) is 28.6 Å². The van der Waals surface area contributed by atoms with Crippen molar-refractivity contribution in [3.05, 3.63) is 35.4 Å². The van der Waals surface area contributed by atoms with E-state index in [1.807, 2.05) is 6.92 Å². The van der Waals surface area contributed by atoms with E-state index >= 15 is 0 Å². The minimum Gasteiger partial charge on any atom is -0.374 e. The zero-order chi connectivity index (χ0) is 15.2. The van der Waals surface area contributed by atoms with Crippen LogP contribution in [0.4, 0.5) is 5.13 Å². The Bertz CT molecular complexity index is 597. The first-order valence-corrected chi connectivity index (χ1v) is 8.48. The highest BCUT2D eigenvalue weighted by atomic mass is 32.2. The van der Waals surface area contributed by atoms with Crippen molar-refractivity contribution in [2.24, 2.45) is 0 Å². The van der Waals surface area contributed by atoms with Gasteiger partial charge in [0.15, 0.2) is 4.34 Å². The molecule has 7 heteroatoms. The molecule has 0 aliphatic heterocycles. The minimum absolute atomic E-state index is 0.0107. The zero-order valence-corrected chi connectivity index (χ0v) is 13.6. The summed E-state index contributed by atoms with van der Waals surface area (Å²) in [5.41, 5.74) is 7.89. The van der Waals surface area contributed by atoms with Crippen LogP contribution in [-0.4, -0.2) is 21.9 Å². The number of carbonyl (C=O) groups excluding carboxylic acids is 1. The molecule has 0 radical (unpaired) electrons. The van der Waals surface area contributed by atoms with Crippen molar-refractivity contribution in [3.63, 3.8) is 0 Å². The van der Waals surface area contributed by atoms with Gasteiger partial charge in [-0.25, -0.2) is 0 Å². The van der Waals surface area contributed by atoms with E-state index < -0.39 is 0 Å². The van der Waals surface area contributed by atoms with Crippen LogP contribution in [-0.2, 0) is 11.2 Å². The van der Waals surface area contributed by atoms with Gasteiger partial charge in [-0.15, -0.1) is 10.2 Å². The normalized spacial score (nSPS) is 12.1. The predicted molar refractivity (Wildman–Crippen MR) is 87.4 cm³/mol. The summed E-state index contributed by atoms with van der Waals surface area (Å²) in [7, 11) is 0. The quantitative estimate of drug-likeness (QED) is 0.799. The van der Waals surface area contributed by atoms with E-state index in [9.17, 15) is 4.79 Å². The Hall–Kier alpha value is -1.60. The lowest BCUT2D eigenvalue weighted by atomic mass is 10.1. The van der Waals surface area contributed by atoms with Gasteiger partial charge in [-0.05, 0) is 24.5 Å². The van der Waals surface area contributed by atoms with Gasteiger partial charge in [-0.2, -0.15) is 0 Å². The van der Waals surface area contributed by atoms with Crippen LogP contribution in [0.3, 0.4) is 0 Å². The maximum atomic E-state index is 11.9. The molecule has 1 heterocycles. The van der Waals surface area contributed by atoms with Crippen molar-refractivity contribution in [2.45, 2.75) is 30.6 Å². The van der Waals surface area contributed by atoms with Crippen LogP contribution in [0.5, 0.6) is 0 Å². The molecule has 0 fully saturated rings. The van der Waals surface area contributed by atoms with E-state index in [0.717, 1.165) is 12.0 Å². The summed E-state index contributed by atoms with van der Waals surface area (Å²) in [6.07, 6.45) is 1.02. The van der Waals surface area contributed by atoms with Crippen LogP contribution in [0.1, 0.15) is 31.0 Å². The summed E-state index contributed by atoms with van der Waals surface area (Å²) in [4.78, 5) is 11.9. The molecule has 112 valence electrons. The number of nitrogens with zero attached hydrogens (tertiary/aromatic N) is 2. The lowest BCUT2D eigenvalue weighted by Gasteiger charge is -2.14. The molecule has 0 saturated heterocycles. The molecule has 1 atom stereocenters. The van der Waals surface area contributed by atoms with Crippen LogP contribution >= 0.6 is 23.1 Å². The summed E-state index contributed by atoms with van der Waals surface area (Å²) < 4.78 is 0.711. The minimum atomic E-state index is -0.0270. The molecule has 1 aromatic heterocycles. The highest BCUT2D eigenvalue weighted by Gasteiger charge is 2.11. The fourth-order valence-corrected chi connectivity index (χ4v) is 3.26. The van der Waals surface area contributed by atoms with E-state index in [1.54, 1.807) is 0 Å². The maximum absolute atomic E-state index is 11.9. The highest BCUT2D eigenvalue weighted by molar-refractivity contribution is 8.01. The first-order valence-electron chi connectivity index (χ1n) is 6.68. The molecule has 0 saturated carbocycles. The molecule has 0 bridgehead atoms. The predicted octanol–water partition coefficient (Wildman–Crippen LogP) is 2.65. The Morgan fingerprint density at radius 2 is 2.10 bits per heavy atom. The van der Waals surface area contributed by atoms with Crippen molar-refractivity contribution in [1.82, 2.24) is 15.5 Å². The molecule has 5 nitrogen and oxygen atoms in total. The zero-order valence-electron chi connectivity index (χ0n) is 12.0. The average molecular weight is 322 g/mol. The molecule has 1 aromatic carbocycles. The first kappa shape index (κ1) is 15.8. The topological polar surface area (TPSA) is 80.9 Å². The fourth-order valence-electron chi connectivity index (χ4n) is 1.81. The SMILES string of the molecule is CCc1ccc(C(C)NC(=O)CSc2nnc(N)s2)cc1. The second-order valence-electron chi connectivity index (χ2n) is 4.58. The van der Waals surface area contributed by atoms with Crippen LogP contribution in [0.2, 0.25) is 0 Å². The molecular formula is C14H18N4OS2. The monoisotopic (exact) mass is 322 g/mol. The Morgan fingerprint density at radius 1 is 1.38 bits per heavy atom. The summed E-state index contributed by atoms with van der Waals surface area (Å²) in [5, 5.41) is 11.0.